The van der Waals surface area contributed by atoms with E-state index >= 15 is 0 Å². The average molecular weight is 304 g/mol. The quantitative estimate of drug-likeness (QED) is 0.362. The lowest BCUT2D eigenvalue weighted by Gasteiger charge is -2.07. The average Bonchev–Trinajstić information content (AvgIpc) is 2.49. The monoisotopic (exact) mass is 304 g/mol. The molecule has 0 spiro atoms. The molecule has 21 heavy (non-hydrogen) atoms. The number of hydrogen-bond donors (Lipinski definition) is 2. The molecule has 0 aliphatic heterocycles. The molecule has 0 aromatic heterocycles. The number of carbonyl (C=O) groups is 3. The van der Waals surface area contributed by atoms with E-state index < -0.39 is 11.9 Å². The Kier molecular flexibility index (Phi) is 12.3. The predicted molar refractivity (Wildman–Crippen MR) is 74.6 cm³/mol. The Morgan fingerprint density at radius 3 is 2.38 bits per heavy atom. The van der Waals surface area contributed by atoms with Crippen LogP contribution in [0, 0.1) is 0 Å². The maximum atomic E-state index is 11.3. The van der Waals surface area contributed by atoms with E-state index in [1.165, 1.54) is 0 Å². The zero-order valence-electron chi connectivity index (χ0n) is 12.6. The summed E-state index contributed by atoms with van der Waals surface area (Å²) in [4.78, 5) is 33.5. The van der Waals surface area contributed by atoms with E-state index in [2.05, 4.69) is 10.6 Å². The highest BCUT2D eigenvalue weighted by Gasteiger charge is 2.07. The fourth-order valence-electron chi connectivity index (χ4n) is 1.24. The summed E-state index contributed by atoms with van der Waals surface area (Å²) in [5, 5.41) is 4.84. The van der Waals surface area contributed by atoms with Gasteiger partial charge in [-0.15, -0.1) is 0 Å². The summed E-state index contributed by atoms with van der Waals surface area (Å²) in [6.07, 6.45) is 0.740. The Morgan fingerprint density at radius 1 is 1.00 bits per heavy atom. The highest BCUT2D eigenvalue weighted by Crippen LogP contribution is 1.90. The van der Waals surface area contributed by atoms with Crippen molar-refractivity contribution in [3.05, 3.63) is 0 Å². The number of carbonyl (C=O) groups excluding carboxylic acids is 3. The van der Waals surface area contributed by atoms with E-state index in [0.29, 0.717) is 32.7 Å². The lowest BCUT2D eigenvalue weighted by molar-refractivity contribution is -0.144. The third-order valence-corrected chi connectivity index (χ3v) is 2.33. The van der Waals surface area contributed by atoms with E-state index in [1.807, 2.05) is 6.92 Å². The fourth-order valence-corrected chi connectivity index (χ4v) is 1.24. The molecule has 2 amide bonds. The van der Waals surface area contributed by atoms with Crippen LogP contribution in [0.1, 0.15) is 19.8 Å². The summed E-state index contributed by atoms with van der Waals surface area (Å²) < 4.78 is 14.9. The second-order valence-electron chi connectivity index (χ2n) is 4.02. The number of hydrogen-bond acceptors (Lipinski definition) is 6. The van der Waals surface area contributed by atoms with Gasteiger partial charge in [-0.1, -0.05) is 0 Å². The number of amides is 2. The van der Waals surface area contributed by atoms with Crippen LogP contribution in [0.25, 0.3) is 0 Å². The molecule has 0 fully saturated rings. The Hall–Kier alpha value is -1.67. The zero-order chi connectivity index (χ0) is 15.9. The van der Waals surface area contributed by atoms with Crippen LogP contribution in [0.5, 0.6) is 0 Å². The molecule has 0 saturated heterocycles. The molecular weight excluding hydrogens is 280 g/mol. The van der Waals surface area contributed by atoms with Gasteiger partial charge in [0.1, 0.15) is 13.2 Å². The minimum Gasteiger partial charge on any atom is -0.464 e. The summed E-state index contributed by atoms with van der Waals surface area (Å²) in [6.45, 7) is 3.02. The Labute approximate surface area is 124 Å². The molecule has 0 rings (SSSR count). The third-order valence-electron chi connectivity index (χ3n) is 2.33. The van der Waals surface area contributed by atoms with Crippen molar-refractivity contribution >= 4 is 17.8 Å². The molecular formula is C13H24N2O6. The van der Waals surface area contributed by atoms with Crippen molar-refractivity contribution < 1.29 is 28.6 Å². The normalized spacial score (nSPS) is 10.0. The standard InChI is InChI=1S/C13H24N2O6/c1-3-19-7-8-20-10-12(17)15-9-13(18)21-6-4-5-11(16)14-2/h3-10H2,1-2H3,(H,14,16)(H,15,17). The van der Waals surface area contributed by atoms with Crippen LogP contribution >= 0.6 is 0 Å². The van der Waals surface area contributed by atoms with Crippen LogP contribution < -0.4 is 10.6 Å². The van der Waals surface area contributed by atoms with Crippen molar-refractivity contribution in [1.82, 2.24) is 10.6 Å². The lowest BCUT2D eigenvalue weighted by Crippen LogP contribution is -2.33. The predicted octanol–water partition coefficient (Wildman–Crippen LogP) is -0.775. The summed E-state index contributed by atoms with van der Waals surface area (Å²) in [7, 11) is 1.54. The van der Waals surface area contributed by atoms with Gasteiger partial charge in [-0.05, 0) is 13.3 Å². The largest absolute Gasteiger partial charge is 0.464 e. The molecule has 0 radical (unpaired) electrons. The van der Waals surface area contributed by atoms with Gasteiger partial charge in [-0.3, -0.25) is 14.4 Å². The Morgan fingerprint density at radius 2 is 1.71 bits per heavy atom. The molecule has 0 aromatic carbocycles. The van der Waals surface area contributed by atoms with Crippen molar-refractivity contribution in [2.45, 2.75) is 19.8 Å². The SMILES string of the molecule is CCOCCOCC(=O)NCC(=O)OCCCC(=O)NC. The maximum Gasteiger partial charge on any atom is 0.325 e. The highest BCUT2D eigenvalue weighted by atomic mass is 16.5. The van der Waals surface area contributed by atoms with Gasteiger partial charge in [0.25, 0.3) is 0 Å². The number of rotatable bonds is 12. The van der Waals surface area contributed by atoms with Crippen LogP contribution in [0.3, 0.4) is 0 Å². The van der Waals surface area contributed by atoms with Crippen LogP contribution in [0.15, 0.2) is 0 Å². The van der Waals surface area contributed by atoms with E-state index in [-0.39, 0.29) is 25.7 Å². The first-order valence-corrected chi connectivity index (χ1v) is 6.88. The molecule has 0 saturated carbocycles. The van der Waals surface area contributed by atoms with Gasteiger partial charge in [-0.25, -0.2) is 0 Å². The van der Waals surface area contributed by atoms with Crippen LogP contribution in [0.2, 0.25) is 0 Å². The molecule has 0 bridgehead atoms. The first kappa shape index (κ1) is 19.3. The van der Waals surface area contributed by atoms with Gasteiger partial charge in [-0.2, -0.15) is 0 Å². The van der Waals surface area contributed by atoms with Gasteiger partial charge >= 0.3 is 5.97 Å². The first-order valence-electron chi connectivity index (χ1n) is 6.88. The topological polar surface area (TPSA) is 103 Å². The van der Waals surface area contributed by atoms with Crippen LogP contribution in [0.4, 0.5) is 0 Å². The number of esters is 1. The molecule has 0 atom stereocenters. The van der Waals surface area contributed by atoms with E-state index in [1.54, 1.807) is 7.05 Å². The molecule has 8 heteroatoms. The first-order chi connectivity index (χ1) is 10.1. The molecule has 122 valence electrons. The Balaban J connectivity index is 3.46. The summed E-state index contributed by atoms with van der Waals surface area (Å²) in [6, 6.07) is 0. The zero-order valence-corrected chi connectivity index (χ0v) is 12.6. The van der Waals surface area contributed by atoms with E-state index in [4.69, 9.17) is 14.2 Å². The second-order valence-corrected chi connectivity index (χ2v) is 4.02. The van der Waals surface area contributed by atoms with Crippen molar-refractivity contribution in [2.75, 3.05) is 46.6 Å². The van der Waals surface area contributed by atoms with Gasteiger partial charge in [0.2, 0.25) is 11.8 Å². The van der Waals surface area contributed by atoms with Crippen molar-refractivity contribution in [3.63, 3.8) is 0 Å². The minimum absolute atomic E-state index is 0.108. The lowest BCUT2D eigenvalue weighted by atomic mass is 10.3. The van der Waals surface area contributed by atoms with E-state index in [9.17, 15) is 14.4 Å². The highest BCUT2D eigenvalue weighted by molar-refractivity contribution is 5.82. The maximum absolute atomic E-state index is 11.3. The molecule has 0 unspecified atom stereocenters. The molecule has 0 heterocycles. The molecule has 0 aromatic rings. The number of nitrogens with one attached hydrogen (secondary N) is 2. The Bertz CT molecular complexity index is 322. The van der Waals surface area contributed by atoms with Gasteiger partial charge in [0.15, 0.2) is 0 Å². The molecule has 0 aliphatic rings. The second kappa shape index (κ2) is 13.3. The van der Waals surface area contributed by atoms with E-state index in [0.717, 1.165) is 0 Å². The van der Waals surface area contributed by atoms with Crippen molar-refractivity contribution in [2.24, 2.45) is 0 Å². The minimum atomic E-state index is -0.547. The van der Waals surface area contributed by atoms with Crippen molar-refractivity contribution in [1.29, 1.82) is 0 Å². The third kappa shape index (κ3) is 13.1. The summed E-state index contributed by atoms with van der Waals surface area (Å²) in [5.74, 6) is -1.05. The summed E-state index contributed by atoms with van der Waals surface area (Å²) in [5.41, 5.74) is 0. The van der Waals surface area contributed by atoms with Gasteiger partial charge < -0.3 is 24.8 Å². The van der Waals surface area contributed by atoms with Crippen molar-refractivity contribution in [3.8, 4) is 0 Å². The fraction of sp³-hybridized carbons (Fsp3) is 0.769. The van der Waals surface area contributed by atoms with Crippen LogP contribution in [-0.2, 0) is 28.6 Å². The molecule has 0 aliphatic carbocycles. The smallest absolute Gasteiger partial charge is 0.325 e. The molecule has 8 nitrogen and oxygen atoms in total. The molecule has 2 N–H and O–H groups in total. The number of ether oxygens (including phenoxy) is 3. The van der Waals surface area contributed by atoms with Gasteiger partial charge in [0, 0.05) is 20.1 Å². The van der Waals surface area contributed by atoms with Gasteiger partial charge in [0.05, 0.1) is 19.8 Å². The summed E-state index contributed by atoms with van der Waals surface area (Å²) >= 11 is 0. The van der Waals surface area contributed by atoms with Crippen LogP contribution in [-0.4, -0.2) is 64.4 Å².